The molecule has 4 rings (SSSR count). The maximum atomic E-state index is 13.5. The van der Waals surface area contributed by atoms with E-state index in [9.17, 15) is 9.18 Å². The maximum Gasteiger partial charge on any atom is 0.266 e. The molecule has 0 unspecified atom stereocenters. The van der Waals surface area contributed by atoms with Crippen LogP contribution in [0.5, 0.6) is 0 Å². The number of nitrogens with one attached hydrogen (secondary N) is 2. The highest BCUT2D eigenvalue weighted by Crippen LogP contribution is 2.32. The van der Waals surface area contributed by atoms with Gasteiger partial charge in [-0.15, -0.1) is 11.3 Å². The van der Waals surface area contributed by atoms with E-state index in [1.807, 2.05) is 38.1 Å². The van der Waals surface area contributed by atoms with E-state index >= 15 is 0 Å². The monoisotopic (exact) mass is 366 g/mol. The predicted octanol–water partition coefficient (Wildman–Crippen LogP) is 4.69. The van der Waals surface area contributed by atoms with Crippen LogP contribution in [-0.4, -0.2) is 21.1 Å². The third-order valence-electron chi connectivity index (χ3n) is 4.08. The second kappa shape index (κ2) is 6.34. The molecule has 0 aliphatic carbocycles. The van der Waals surface area contributed by atoms with Crippen LogP contribution in [0.1, 0.15) is 21.1 Å². The van der Waals surface area contributed by atoms with Crippen LogP contribution in [0.3, 0.4) is 0 Å². The maximum absolute atomic E-state index is 13.5. The van der Waals surface area contributed by atoms with E-state index in [2.05, 4.69) is 20.5 Å². The van der Waals surface area contributed by atoms with Gasteiger partial charge in [0.1, 0.15) is 11.6 Å². The van der Waals surface area contributed by atoms with Gasteiger partial charge in [-0.05, 0) is 55.1 Å². The molecule has 0 spiro atoms. The number of aromatic amines is 1. The lowest BCUT2D eigenvalue weighted by Crippen LogP contribution is -2.11. The van der Waals surface area contributed by atoms with Crippen LogP contribution >= 0.6 is 11.3 Å². The zero-order valence-corrected chi connectivity index (χ0v) is 14.9. The van der Waals surface area contributed by atoms with E-state index < -0.39 is 0 Å². The molecule has 0 fully saturated rings. The zero-order valence-electron chi connectivity index (χ0n) is 14.1. The number of aryl methyl sites for hydroxylation is 2. The topological polar surface area (TPSA) is 70.7 Å². The number of hydrogen-bond donors (Lipinski definition) is 2. The van der Waals surface area contributed by atoms with E-state index in [0.29, 0.717) is 16.4 Å². The highest BCUT2D eigenvalue weighted by Gasteiger charge is 2.16. The number of nitrogens with zero attached hydrogens (tertiary/aromatic N) is 2. The minimum absolute atomic E-state index is 0.215. The highest BCUT2D eigenvalue weighted by molar-refractivity contribution is 7.21. The van der Waals surface area contributed by atoms with Gasteiger partial charge in [-0.25, -0.2) is 9.37 Å². The van der Waals surface area contributed by atoms with Crippen LogP contribution in [0.4, 0.5) is 10.1 Å². The number of rotatable bonds is 3. The van der Waals surface area contributed by atoms with Gasteiger partial charge in [0.15, 0.2) is 5.82 Å². The first kappa shape index (κ1) is 16.4. The molecule has 5 nitrogen and oxygen atoms in total. The molecule has 0 saturated heterocycles. The van der Waals surface area contributed by atoms with Crippen molar-refractivity contribution in [3.63, 3.8) is 0 Å². The Labute approximate surface area is 152 Å². The minimum Gasteiger partial charge on any atom is -0.321 e. The zero-order chi connectivity index (χ0) is 18.3. The Kier molecular flexibility index (Phi) is 4.00. The summed E-state index contributed by atoms with van der Waals surface area (Å²) in [7, 11) is 0. The molecule has 0 atom stereocenters. The van der Waals surface area contributed by atoms with Gasteiger partial charge in [-0.3, -0.25) is 9.89 Å². The first-order valence-electron chi connectivity index (χ1n) is 8.01. The Hall–Kier alpha value is -3.06. The van der Waals surface area contributed by atoms with Crippen molar-refractivity contribution in [1.29, 1.82) is 0 Å². The Balaban J connectivity index is 1.63. The quantitative estimate of drug-likeness (QED) is 0.552. The number of carbonyl (C=O) groups excluding carboxylic acids is 1. The average molecular weight is 366 g/mol. The van der Waals surface area contributed by atoms with Gasteiger partial charge in [0.25, 0.3) is 5.91 Å². The highest BCUT2D eigenvalue weighted by atomic mass is 32.1. The van der Waals surface area contributed by atoms with Gasteiger partial charge in [-0.1, -0.05) is 12.1 Å². The molecule has 0 bridgehead atoms. The predicted molar refractivity (Wildman–Crippen MR) is 101 cm³/mol. The Morgan fingerprint density at radius 2 is 2.04 bits per heavy atom. The third-order valence-corrected chi connectivity index (χ3v) is 5.35. The number of hydrogen-bond acceptors (Lipinski definition) is 4. The molecule has 4 aromatic rings. The summed E-state index contributed by atoms with van der Waals surface area (Å²) >= 11 is 1.36. The van der Waals surface area contributed by atoms with Crippen LogP contribution in [-0.2, 0) is 0 Å². The molecule has 2 N–H and O–H groups in total. The summed E-state index contributed by atoms with van der Waals surface area (Å²) in [6, 6.07) is 11.9. The third kappa shape index (κ3) is 2.97. The molecule has 0 aliphatic rings. The molecule has 1 amide bonds. The van der Waals surface area contributed by atoms with E-state index in [1.54, 1.807) is 6.07 Å². The summed E-state index contributed by atoms with van der Waals surface area (Å²) in [5, 5.41) is 10.6. The van der Waals surface area contributed by atoms with Crippen molar-refractivity contribution in [2.24, 2.45) is 0 Å². The van der Waals surface area contributed by atoms with Crippen LogP contribution in [0, 0.1) is 19.7 Å². The molecule has 7 heteroatoms. The van der Waals surface area contributed by atoms with E-state index in [-0.39, 0.29) is 11.7 Å². The Bertz CT molecular complexity index is 1130. The molecule has 2 aromatic heterocycles. The number of halogens is 1. The van der Waals surface area contributed by atoms with Gasteiger partial charge < -0.3 is 5.32 Å². The molecule has 0 aliphatic heterocycles. The number of H-pyrrole nitrogens is 1. The SMILES string of the molecule is Cc1nc(-c2cccc(NC(=O)c3sc4ccc(F)cc4c3C)c2)n[nH]1. The van der Waals surface area contributed by atoms with Crippen molar-refractivity contribution in [1.82, 2.24) is 15.2 Å². The number of benzene rings is 2. The van der Waals surface area contributed by atoms with Crippen molar-refractivity contribution in [2.45, 2.75) is 13.8 Å². The summed E-state index contributed by atoms with van der Waals surface area (Å²) in [5.41, 5.74) is 2.24. The number of aromatic nitrogens is 3. The second-order valence-electron chi connectivity index (χ2n) is 5.98. The van der Waals surface area contributed by atoms with Gasteiger partial charge in [0.05, 0.1) is 4.88 Å². The van der Waals surface area contributed by atoms with E-state index in [4.69, 9.17) is 0 Å². The van der Waals surface area contributed by atoms with Crippen molar-refractivity contribution in [3.8, 4) is 11.4 Å². The van der Waals surface area contributed by atoms with Crippen LogP contribution in [0.2, 0.25) is 0 Å². The summed E-state index contributed by atoms with van der Waals surface area (Å²) in [6.07, 6.45) is 0. The fraction of sp³-hybridized carbons (Fsp3) is 0.105. The van der Waals surface area contributed by atoms with Crippen molar-refractivity contribution >= 4 is 33.0 Å². The van der Waals surface area contributed by atoms with Gasteiger partial charge >= 0.3 is 0 Å². The number of anilines is 1. The van der Waals surface area contributed by atoms with E-state index in [0.717, 1.165) is 27.0 Å². The molecule has 26 heavy (non-hydrogen) atoms. The summed E-state index contributed by atoms with van der Waals surface area (Å²) in [6.45, 7) is 3.66. The molecular weight excluding hydrogens is 351 g/mol. The number of fused-ring (bicyclic) bond motifs is 1. The van der Waals surface area contributed by atoms with Crippen LogP contribution in [0.25, 0.3) is 21.5 Å². The first-order chi connectivity index (χ1) is 12.5. The lowest BCUT2D eigenvalue weighted by atomic mass is 10.1. The molecule has 2 heterocycles. The largest absolute Gasteiger partial charge is 0.321 e. The Morgan fingerprint density at radius 3 is 2.81 bits per heavy atom. The van der Waals surface area contributed by atoms with Crippen LogP contribution < -0.4 is 5.32 Å². The number of thiophene rings is 1. The van der Waals surface area contributed by atoms with Crippen LogP contribution in [0.15, 0.2) is 42.5 Å². The summed E-state index contributed by atoms with van der Waals surface area (Å²) in [5.74, 6) is 0.780. The number of carbonyl (C=O) groups is 1. The van der Waals surface area contributed by atoms with Crippen molar-refractivity contribution < 1.29 is 9.18 Å². The van der Waals surface area contributed by atoms with Crippen molar-refractivity contribution in [2.75, 3.05) is 5.32 Å². The summed E-state index contributed by atoms with van der Waals surface area (Å²) < 4.78 is 14.4. The van der Waals surface area contributed by atoms with Crippen molar-refractivity contribution in [3.05, 3.63) is 64.5 Å². The lowest BCUT2D eigenvalue weighted by molar-refractivity contribution is 0.103. The fourth-order valence-corrected chi connectivity index (χ4v) is 3.89. The van der Waals surface area contributed by atoms with Gasteiger partial charge in [0.2, 0.25) is 0 Å². The second-order valence-corrected chi connectivity index (χ2v) is 7.03. The normalized spacial score (nSPS) is 11.0. The minimum atomic E-state index is -0.306. The average Bonchev–Trinajstić information content (AvgIpc) is 3.19. The number of amides is 1. The molecule has 0 saturated carbocycles. The standard InChI is InChI=1S/C19H15FN4OS/c1-10-15-9-13(20)6-7-16(15)26-17(10)19(25)22-14-5-3-4-12(8-14)18-21-11(2)23-24-18/h3-9H,1-2H3,(H,22,25)(H,21,23,24). The molecule has 130 valence electrons. The van der Waals surface area contributed by atoms with Gasteiger partial charge in [0, 0.05) is 16.0 Å². The smallest absolute Gasteiger partial charge is 0.266 e. The van der Waals surface area contributed by atoms with E-state index in [1.165, 1.54) is 23.5 Å². The first-order valence-corrected chi connectivity index (χ1v) is 8.82. The molecule has 2 aromatic carbocycles. The molecular formula is C19H15FN4OS. The van der Waals surface area contributed by atoms with Gasteiger partial charge in [-0.2, -0.15) is 5.10 Å². The Morgan fingerprint density at radius 1 is 1.19 bits per heavy atom. The molecule has 0 radical (unpaired) electrons. The lowest BCUT2D eigenvalue weighted by Gasteiger charge is -2.06. The summed E-state index contributed by atoms with van der Waals surface area (Å²) in [4.78, 5) is 17.6. The fourth-order valence-electron chi connectivity index (χ4n) is 2.81.